The quantitative estimate of drug-likeness (QED) is 0.0196. The Morgan fingerprint density at radius 1 is 0.543 bits per heavy atom. The lowest BCUT2D eigenvalue weighted by Crippen LogP contribution is -2.60. The van der Waals surface area contributed by atoms with E-state index in [2.05, 4.69) is 54.5 Å². The molecular weight excluding hydrogens is 909 g/mol. The number of hydrogen-bond acceptors (Lipinski definition) is 11. The van der Waals surface area contributed by atoms with Crippen LogP contribution in [0, 0.1) is 0 Å². The van der Waals surface area contributed by atoms with Crippen molar-refractivity contribution in [1.29, 1.82) is 0 Å². The van der Waals surface area contributed by atoms with Gasteiger partial charge in [-0.25, -0.2) is 4.18 Å². The van der Waals surface area contributed by atoms with Gasteiger partial charge in [0.1, 0.15) is 30.5 Å². The SMILES string of the molecule is CCCCCCC/C=C\C/C=C\C/C=C\CCCCCCCCCCCCC(=O)OC(COCCCCCCCCCCCCCCCCCCCC)COC1OC(CO)C(O)C(OS(=O)(=O)O)C1O. The molecule has 0 radical (unpaired) electrons. The number of carbonyl (C=O) groups excluding carboxylic acids is 1. The number of ether oxygens (including phenoxy) is 4. The van der Waals surface area contributed by atoms with Crippen molar-refractivity contribution in [2.45, 2.75) is 295 Å². The maximum atomic E-state index is 13.0. The number of aliphatic hydroxyl groups excluding tert-OH is 3. The van der Waals surface area contributed by atoms with Crippen LogP contribution in [0.3, 0.4) is 0 Å². The number of hydrogen-bond donors (Lipinski definition) is 4. The zero-order valence-electron chi connectivity index (χ0n) is 44.6. The summed E-state index contributed by atoms with van der Waals surface area (Å²) in [7, 11) is -5.07. The monoisotopic (exact) mass is 1010 g/mol. The van der Waals surface area contributed by atoms with Gasteiger partial charge < -0.3 is 34.3 Å². The first-order valence-corrected chi connectivity index (χ1v) is 30.1. The van der Waals surface area contributed by atoms with Gasteiger partial charge >= 0.3 is 16.4 Å². The number of aliphatic hydroxyl groups is 3. The fraction of sp³-hybridized carbons (Fsp3) is 0.877. The molecule has 0 spiro atoms. The second kappa shape index (κ2) is 48.3. The summed E-state index contributed by atoms with van der Waals surface area (Å²) in [5.41, 5.74) is 0. The molecule has 13 heteroatoms. The van der Waals surface area contributed by atoms with Gasteiger partial charge in [-0.1, -0.05) is 237 Å². The minimum absolute atomic E-state index is 0.0382. The lowest BCUT2D eigenvalue weighted by molar-refractivity contribution is -0.301. The molecule has 1 aliphatic heterocycles. The number of rotatable bonds is 51. The minimum atomic E-state index is -5.07. The van der Waals surface area contributed by atoms with Crippen LogP contribution in [-0.4, -0.2) is 97.5 Å². The van der Waals surface area contributed by atoms with E-state index in [1.54, 1.807) is 0 Å². The van der Waals surface area contributed by atoms with Crippen molar-refractivity contribution in [3.05, 3.63) is 36.5 Å². The zero-order valence-corrected chi connectivity index (χ0v) is 45.4. The van der Waals surface area contributed by atoms with Gasteiger partial charge in [0.05, 0.1) is 19.8 Å². The van der Waals surface area contributed by atoms with E-state index in [1.165, 1.54) is 173 Å². The van der Waals surface area contributed by atoms with Crippen molar-refractivity contribution < 1.29 is 56.2 Å². The normalized spacial score (nSPS) is 19.3. The van der Waals surface area contributed by atoms with Crippen LogP contribution in [0.4, 0.5) is 0 Å². The van der Waals surface area contributed by atoms with E-state index < -0.39 is 59.8 Å². The van der Waals surface area contributed by atoms with Crippen molar-refractivity contribution in [3.8, 4) is 0 Å². The molecule has 0 bridgehead atoms. The summed E-state index contributed by atoms with van der Waals surface area (Å²) in [5.74, 6) is -0.399. The summed E-state index contributed by atoms with van der Waals surface area (Å²) in [6, 6.07) is 0. The van der Waals surface area contributed by atoms with Gasteiger partial charge in [0.15, 0.2) is 6.29 Å². The molecule has 0 aromatic rings. The van der Waals surface area contributed by atoms with Crippen LogP contribution in [0.1, 0.15) is 258 Å². The van der Waals surface area contributed by atoms with Crippen molar-refractivity contribution in [3.63, 3.8) is 0 Å². The third-order valence-electron chi connectivity index (χ3n) is 13.3. The van der Waals surface area contributed by atoms with Gasteiger partial charge in [-0.2, -0.15) is 8.42 Å². The predicted molar refractivity (Wildman–Crippen MR) is 285 cm³/mol. The number of unbranched alkanes of at least 4 members (excludes halogenated alkanes) is 32. The Kier molecular flexibility index (Phi) is 45.7. The molecule has 0 amide bonds. The molecule has 0 saturated carbocycles. The smallest absolute Gasteiger partial charge is 0.397 e. The molecule has 70 heavy (non-hydrogen) atoms. The summed E-state index contributed by atoms with van der Waals surface area (Å²) in [5, 5.41) is 30.8. The van der Waals surface area contributed by atoms with E-state index in [0.717, 1.165) is 57.8 Å². The largest absolute Gasteiger partial charge is 0.457 e. The Morgan fingerprint density at radius 2 is 0.943 bits per heavy atom. The Hall–Kier alpha value is -1.68. The fourth-order valence-corrected chi connectivity index (χ4v) is 9.43. The molecule has 6 atom stereocenters. The first-order chi connectivity index (χ1) is 34.1. The molecule has 1 fully saturated rings. The van der Waals surface area contributed by atoms with E-state index in [9.17, 15) is 33.1 Å². The van der Waals surface area contributed by atoms with Crippen molar-refractivity contribution in [2.75, 3.05) is 26.4 Å². The maximum absolute atomic E-state index is 13.0. The molecule has 1 saturated heterocycles. The predicted octanol–water partition coefficient (Wildman–Crippen LogP) is 14.1. The molecule has 412 valence electrons. The third kappa shape index (κ3) is 40.8. The summed E-state index contributed by atoms with van der Waals surface area (Å²) >= 11 is 0. The summed E-state index contributed by atoms with van der Waals surface area (Å²) in [4.78, 5) is 13.0. The van der Waals surface area contributed by atoms with E-state index >= 15 is 0 Å². The lowest BCUT2D eigenvalue weighted by Gasteiger charge is -2.41. The highest BCUT2D eigenvalue weighted by molar-refractivity contribution is 7.80. The van der Waals surface area contributed by atoms with Crippen molar-refractivity contribution >= 4 is 16.4 Å². The average molecular weight is 1020 g/mol. The summed E-state index contributed by atoms with van der Waals surface area (Å²) in [6.45, 7) is 4.03. The molecule has 0 aromatic heterocycles. The standard InChI is InChI=1S/C57H106O12S/c1-3-5-7-9-11-13-15-17-19-21-23-24-25-26-27-28-29-30-32-34-36-38-40-42-44-46-53(59)67-51(50-66-57-55(61)56(69-70(62,63)64)54(60)52(48-58)68-57)49-65-47-45-43-41-39-37-35-33-31-22-20-18-16-14-12-10-8-6-4-2/h15,17,21,23,25-26,51-52,54-58,60-61H,3-14,16,18-20,22,24,27-50H2,1-2H3,(H,62,63,64)/b17-15-,23-21-,26-25-. The third-order valence-corrected chi connectivity index (χ3v) is 13.7. The van der Waals surface area contributed by atoms with Gasteiger partial charge in [-0.3, -0.25) is 9.35 Å². The second-order valence-corrected chi connectivity index (χ2v) is 20.9. The second-order valence-electron chi connectivity index (χ2n) is 19.9. The van der Waals surface area contributed by atoms with Gasteiger partial charge in [0.25, 0.3) is 0 Å². The highest BCUT2D eigenvalue weighted by Gasteiger charge is 2.48. The Morgan fingerprint density at radius 3 is 1.37 bits per heavy atom. The van der Waals surface area contributed by atoms with Crippen LogP contribution >= 0.6 is 0 Å². The molecular formula is C57H106O12S. The topological polar surface area (TPSA) is 178 Å². The van der Waals surface area contributed by atoms with E-state index in [-0.39, 0.29) is 19.6 Å². The zero-order chi connectivity index (χ0) is 51.0. The van der Waals surface area contributed by atoms with Crippen LogP contribution in [0.2, 0.25) is 0 Å². The Balaban J connectivity index is 2.30. The van der Waals surface area contributed by atoms with Crippen molar-refractivity contribution in [1.82, 2.24) is 0 Å². The maximum Gasteiger partial charge on any atom is 0.397 e. The molecule has 12 nitrogen and oxygen atoms in total. The van der Waals surface area contributed by atoms with E-state index in [4.69, 9.17) is 18.9 Å². The number of allylic oxidation sites excluding steroid dienone is 6. The van der Waals surface area contributed by atoms with Gasteiger partial charge in [-0.15, -0.1) is 0 Å². The molecule has 6 unspecified atom stereocenters. The first-order valence-electron chi connectivity index (χ1n) is 28.7. The van der Waals surface area contributed by atoms with E-state index in [0.29, 0.717) is 13.0 Å². The average Bonchev–Trinajstić information content (AvgIpc) is 3.34. The fourth-order valence-electron chi connectivity index (χ4n) is 8.92. The van der Waals surface area contributed by atoms with Gasteiger partial charge in [-0.05, 0) is 51.4 Å². The molecule has 1 heterocycles. The minimum Gasteiger partial charge on any atom is -0.457 e. The van der Waals surface area contributed by atoms with Crippen molar-refractivity contribution in [2.24, 2.45) is 0 Å². The molecule has 1 rings (SSSR count). The number of esters is 1. The lowest BCUT2D eigenvalue weighted by atomic mass is 9.99. The Bertz CT molecular complexity index is 1360. The Labute approximate surface area is 428 Å². The first kappa shape index (κ1) is 66.3. The van der Waals surface area contributed by atoms with Crippen LogP contribution in [0.15, 0.2) is 36.5 Å². The molecule has 0 aromatic carbocycles. The number of carbonyl (C=O) groups is 1. The van der Waals surface area contributed by atoms with Gasteiger partial charge in [0.2, 0.25) is 0 Å². The van der Waals surface area contributed by atoms with Crippen LogP contribution in [0.25, 0.3) is 0 Å². The van der Waals surface area contributed by atoms with Gasteiger partial charge in [0, 0.05) is 13.0 Å². The highest BCUT2D eigenvalue weighted by Crippen LogP contribution is 2.26. The highest BCUT2D eigenvalue weighted by atomic mass is 32.3. The van der Waals surface area contributed by atoms with Crippen LogP contribution in [-0.2, 0) is 38.3 Å². The molecule has 0 aliphatic carbocycles. The van der Waals surface area contributed by atoms with Crippen LogP contribution < -0.4 is 0 Å². The summed E-state index contributed by atoms with van der Waals surface area (Å²) in [6.07, 6.45) is 50.3. The van der Waals surface area contributed by atoms with E-state index in [1.807, 2.05) is 0 Å². The van der Waals surface area contributed by atoms with Crippen LogP contribution in [0.5, 0.6) is 0 Å². The summed E-state index contributed by atoms with van der Waals surface area (Å²) < 4.78 is 59.4. The molecule has 1 aliphatic rings. The molecule has 4 N–H and O–H groups in total.